The molecule has 0 spiro atoms. The Labute approximate surface area is 166 Å². The third-order valence-corrected chi connectivity index (χ3v) is 4.07. The van der Waals surface area contributed by atoms with Gasteiger partial charge in [-0.15, -0.1) is 0 Å². The van der Waals surface area contributed by atoms with Crippen LogP contribution in [-0.2, 0) is 9.53 Å². The molecule has 0 aromatic carbocycles. The van der Waals surface area contributed by atoms with Gasteiger partial charge in [0.15, 0.2) is 0 Å². The van der Waals surface area contributed by atoms with Crippen LogP contribution in [0, 0.1) is 0 Å². The van der Waals surface area contributed by atoms with Crippen LogP contribution in [0.25, 0.3) is 0 Å². The summed E-state index contributed by atoms with van der Waals surface area (Å²) in [7, 11) is 0. The van der Waals surface area contributed by atoms with E-state index in [4.69, 9.17) is 4.74 Å². The Morgan fingerprint density at radius 3 is 2.14 bits per heavy atom. The summed E-state index contributed by atoms with van der Waals surface area (Å²) >= 11 is 0. The molecule has 0 atom stereocenters. The summed E-state index contributed by atoms with van der Waals surface area (Å²) < 4.78 is 43.3. The van der Waals surface area contributed by atoms with Gasteiger partial charge in [0, 0.05) is 12.8 Å². The molecule has 0 aliphatic heterocycles. The molecule has 0 saturated heterocycles. The van der Waals surface area contributed by atoms with Gasteiger partial charge in [0.1, 0.15) is 5.57 Å². The standard InChI is InChI=1S/C21H34F3NO3/c1-3-5-7-9-10-12-17-28-20(27)18(19(26)21(22,23)24)14-13-16-25-15-11-8-6-4-2/h13-14,16,26H,3-12,15,17H2,1-2H3/b14-13+,19-18+,25-16?. The molecule has 1 N–H and O–H groups in total. The van der Waals surface area contributed by atoms with Gasteiger partial charge in [-0.25, -0.2) is 4.79 Å². The number of rotatable bonds is 15. The van der Waals surface area contributed by atoms with E-state index in [1.807, 2.05) is 0 Å². The van der Waals surface area contributed by atoms with E-state index in [0.29, 0.717) is 13.0 Å². The Kier molecular flexibility index (Phi) is 15.2. The van der Waals surface area contributed by atoms with Gasteiger partial charge in [0.2, 0.25) is 5.76 Å². The lowest BCUT2D eigenvalue weighted by Gasteiger charge is -2.10. The highest BCUT2D eigenvalue weighted by molar-refractivity contribution is 5.93. The number of unbranched alkanes of at least 4 members (excludes halogenated alkanes) is 8. The molecule has 0 rings (SSSR count). The lowest BCUT2D eigenvalue weighted by atomic mass is 10.1. The van der Waals surface area contributed by atoms with Crippen molar-refractivity contribution in [2.75, 3.05) is 13.2 Å². The summed E-state index contributed by atoms with van der Waals surface area (Å²) in [5, 5.41) is 9.37. The Morgan fingerprint density at radius 2 is 1.54 bits per heavy atom. The molecule has 162 valence electrons. The predicted molar refractivity (Wildman–Crippen MR) is 107 cm³/mol. The zero-order valence-corrected chi connectivity index (χ0v) is 17.1. The number of hydrogen-bond donors (Lipinski definition) is 1. The van der Waals surface area contributed by atoms with Gasteiger partial charge in [-0.05, 0) is 25.0 Å². The molecule has 0 amide bonds. The normalized spacial score (nSPS) is 13.3. The molecule has 0 radical (unpaired) electrons. The second kappa shape index (κ2) is 16.2. The van der Waals surface area contributed by atoms with Crippen LogP contribution in [0.15, 0.2) is 28.5 Å². The number of carbonyl (C=O) groups is 1. The molecule has 7 heteroatoms. The quantitative estimate of drug-likeness (QED) is 0.0848. The number of aliphatic hydroxyl groups excluding tert-OH is 1. The fourth-order valence-corrected chi connectivity index (χ4v) is 2.43. The molecule has 0 bridgehead atoms. The fraction of sp³-hybridized carbons (Fsp3) is 0.714. The largest absolute Gasteiger partial charge is 0.504 e. The van der Waals surface area contributed by atoms with Crippen LogP contribution in [0.3, 0.4) is 0 Å². The Morgan fingerprint density at radius 1 is 0.964 bits per heavy atom. The Balaban J connectivity index is 4.63. The summed E-state index contributed by atoms with van der Waals surface area (Å²) in [6.07, 6.45) is 8.34. The summed E-state index contributed by atoms with van der Waals surface area (Å²) in [6.45, 7) is 4.79. The van der Waals surface area contributed by atoms with Crippen molar-refractivity contribution in [3.8, 4) is 0 Å². The zero-order valence-electron chi connectivity index (χ0n) is 17.1. The molecular formula is C21H34F3NO3. The maximum absolute atomic E-state index is 12.8. The van der Waals surface area contributed by atoms with Crippen molar-refractivity contribution in [3.05, 3.63) is 23.5 Å². The fourth-order valence-electron chi connectivity index (χ4n) is 2.43. The van der Waals surface area contributed by atoms with Crippen molar-refractivity contribution in [2.24, 2.45) is 4.99 Å². The Hall–Kier alpha value is -1.79. The van der Waals surface area contributed by atoms with Crippen LogP contribution in [0.2, 0.25) is 0 Å². The van der Waals surface area contributed by atoms with Crippen LogP contribution in [0.5, 0.6) is 0 Å². The average Bonchev–Trinajstić information content (AvgIpc) is 2.64. The maximum atomic E-state index is 12.8. The van der Waals surface area contributed by atoms with E-state index in [1.54, 1.807) is 0 Å². The van der Waals surface area contributed by atoms with Crippen LogP contribution in [0.4, 0.5) is 13.2 Å². The van der Waals surface area contributed by atoms with Gasteiger partial charge in [-0.3, -0.25) is 4.99 Å². The molecule has 0 aliphatic rings. The minimum atomic E-state index is -5.02. The topological polar surface area (TPSA) is 58.9 Å². The van der Waals surface area contributed by atoms with Crippen LogP contribution in [-0.4, -0.2) is 36.6 Å². The number of halogens is 3. The molecule has 0 heterocycles. The first-order chi connectivity index (χ1) is 13.3. The maximum Gasteiger partial charge on any atom is 0.449 e. The predicted octanol–water partition coefficient (Wildman–Crippen LogP) is 6.47. The summed E-state index contributed by atoms with van der Waals surface area (Å²) in [5.74, 6) is -3.14. The van der Waals surface area contributed by atoms with E-state index in [2.05, 4.69) is 18.8 Å². The van der Waals surface area contributed by atoms with Crippen LogP contribution < -0.4 is 0 Å². The van der Waals surface area contributed by atoms with Crippen molar-refractivity contribution in [2.45, 2.75) is 84.2 Å². The second-order valence-electron chi connectivity index (χ2n) is 6.64. The molecule has 0 aromatic rings. The molecule has 4 nitrogen and oxygen atoms in total. The third-order valence-electron chi connectivity index (χ3n) is 4.07. The van der Waals surface area contributed by atoms with Gasteiger partial charge < -0.3 is 9.84 Å². The first kappa shape index (κ1) is 26.2. The minimum absolute atomic E-state index is 0.0267. The highest BCUT2D eigenvalue weighted by Gasteiger charge is 2.38. The number of ether oxygens (including phenoxy) is 1. The first-order valence-electron chi connectivity index (χ1n) is 10.2. The van der Waals surface area contributed by atoms with E-state index < -0.39 is 23.5 Å². The third kappa shape index (κ3) is 13.4. The average molecular weight is 406 g/mol. The lowest BCUT2D eigenvalue weighted by Crippen LogP contribution is -2.19. The monoisotopic (exact) mass is 405 g/mol. The zero-order chi connectivity index (χ0) is 21.3. The summed E-state index contributed by atoms with van der Waals surface area (Å²) in [4.78, 5) is 16.0. The number of carbonyl (C=O) groups excluding carboxylic acids is 1. The smallest absolute Gasteiger partial charge is 0.449 e. The minimum Gasteiger partial charge on any atom is -0.504 e. The number of allylic oxidation sites excluding steroid dienone is 2. The number of aliphatic imine (C=N–C) groups is 1. The molecule has 0 unspecified atom stereocenters. The van der Waals surface area contributed by atoms with Crippen molar-refractivity contribution in [1.29, 1.82) is 0 Å². The summed E-state index contributed by atoms with van der Waals surface area (Å²) in [6, 6.07) is 0. The highest BCUT2D eigenvalue weighted by Crippen LogP contribution is 2.27. The van der Waals surface area contributed by atoms with E-state index >= 15 is 0 Å². The molecule has 28 heavy (non-hydrogen) atoms. The number of hydrogen-bond acceptors (Lipinski definition) is 4. The van der Waals surface area contributed by atoms with Crippen molar-refractivity contribution >= 4 is 12.2 Å². The number of nitrogens with zero attached hydrogens (tertiary/aromatic N) is 1. The lowest BCUT2D eigenvalue weighted by molar-refractivity contribution is -0.142. The SMILES string of the molecule is CCCCCCCCOC(=O)C(/C=C/C=NCCCCCC)=C(/O)C(F)(F)F. The molecule has 0 fully saturated rings. The second-order valence-corrected chi connectivity index (χ2v) is 6.64. The van der Waals surface area contributed by atoms with Gasteiger partial charge >= 0.3 is 12.1 Å². The van der Waals surface area contributed by atoms with E-state index in [-0.39, 0.29) is 6.61 Å². The van der Waals surface area contributed by atoms with Crippen molar-refractivity contribution in [1.82, 2.24) is 0 Å². The molecular weight excluding hydrogens is 371 g/mol. The van der Waals surface area contributed by atoms with Gasteiger partial charge in [-0.2, -0.15) is 13.2 Å². The number of alkyl halides is 3. The summed E-state index contributed by atoms with van der Waals surface area (Å²) in [5.41, 5.74) is -0.907. The number of aliphatic hydroxyl groups is 1. The highest BCUT2D eigenvalue weighted by atomic mass is 19.4. The van der Waals surface area contributed by atoms with Crippen LogP contribution >= 0.6 is 0 Å². The first-order valence-corrected chi connectivity index (χ1v) is 10.2. The van der Waals surface area contributed by atoms with E-state index in [1.165, 1.54) is 12.3 Å². The molecule has 0 aliphatic carbocycles. The van der Waals surface area contributed by atoms with Gasteiger partial charge in [-0.1, -0.05) is 65.2 Å². The Bertz CT molecular complexity index is 512. The van der Waals surface area contributed by atoms with Crippen molar-refractivity contribution in [3.63, 3.8) is 0 Å². The van der Waals surface area contributed by atoms with Gasteiger partial charge in [0.05, 0.1) is 6.61 Å². The number of esters is 1. The molecule has 0 saturated carbocycles. The van der Waals surface area contributed by atoms with E-state index in [0.717, 1.165) is 63.9 Å². The van der Waals surface area contributed by atoms with Crippen molar-refractivity contribution < 1.29 is 27.8 Å². The van der Waals surface area contributed by atoms with E-state index in [9.17, 15) is 23.1 Å². The van der Waals surface area contributed by atoms with Crippen LogP contribution in [0.1, 0.15) is 78.1 Å². The van der Waals surface area contributed by atoms with Gasteiger partial charge in [0.25, 0.3) is 0 Å². The molecule has 0 aromatic heterocycles.